The summed E-state index contributed by atoms with van der Waals surface area (Å²) in [5.41, 5.74) is 0. The largest absolute Gasteiger partial charge is 0.378 e. The third kappa shape index (κ3) is 1.99. The van der Waals surface area contributed by atoms with Crippen LogP contribution in [0.2, 0.25) is 0 Å². The molecule has 2 bridgehead atoms. The average molecular weight is 306 g/mol. The standard InChI is InChI=1S/C15H18N2O5/c18-11(16-3-5-21-6-4-16)8-22-17-14(19)12-9-1-2-10(7-9)13(12)15(17)20/h1-2,9-10,12-13H,3-8H2. The van der Waals surface area contributed by atoms with Crippen LogP contribution in [0.4, 0.5) is 0 Å². The number of hydrogen-bond donors (Lipinski definition) is 0. The Labute approximate surface area is 127 Å². The van der Waals surface area contributed by atoms with Gasteiger partial charge in [0, 0.05) is 13.1 Å². The van der Waals surface area contributed by atoms with E-state index in [0.717, 1.165) is 11.5 Å². The van der Waals surface area contributed by atoms with Gasteiger partial charge in [0.2, 0.25) is 0 Å². The van der Waals surface area contributed by atoms with Crippen LogP contribution in [-0.4, -0.2) is 60.6 Å². The van der Waals surface area contributed by atoms with Crippen LogP contribution in [0.15, 0.2) is 12.2 Å². The minimum absolute atomic E-state index is 0.148. The molecule has 4 aliphatic rings. The molecule has 2 saturated heterocycles. The second-order valence-corrected chi connectivity index (χ2v) is 6.24. The van der Waals surface area contributed by atoms with Crippen molar-refractivity contribution in [1.82, 2.24) is 9.96 Å². The Hall–Kier alpha value is -1.73. The van der Waals surface area contributed by atoms with Gasteiger partial charge < -0.3 is 9.64 Å². The number of ether oxygens (including phenoxy) is 1. The van der Waals surface area contributed by atoms with Crippen molar-refractivity contribution in [2.45, 2.75) is 6.42 Å². The van der Waals surface area contributed by atoms with Crippen molar-refractivity contribution in [1.29, 1.82) is 0 Å². The summed E-state index contributed by atoms with van der Waals surface area (Å²) in [6.07, 6.45) is 4.94. The molecule has 7 heteroatoms. The summed E-state index contributed by atoms with van der Waals surface area (Å²) >= 11 is 0. The minimum atomic E-state index is -0.291. The fraction of sp³-hybridized carbons (Fsp3) is 0.667. The molecule has 1 saturated carbocycles. The van der Waals surface area contributed by atoms with Crippen molar-refractivity contribution in [2.75, 3.05) is 32.9 Å². The fourth-order valence-electron chi connectivity index (χ4n) is 4.03. The third-order valence-corrected chi connectivity index (χ3v) is 5.11. The van der Waals surface area contributed by atoms with Crippen molar-refractivity contribution < 1.29 is 24.0 Å². The molecular weight excluding hydrogens is 288 g/mol. The van der Waals surface area contributed by atoms with E-state index in [1.807, 2.05) is 12.2 Å². The Morgan fingerprint density at radius 2 is 1.73 bits per heavy atom. The SMILES string of the molecule is O=C(CON1C(=O)C2C3C=CC(C3)C2C1=O)N1CCOCC1. The number of imide groups is 1. The summed E-state index contributed by atoms with van der Waals surface area (Å²) in [7, 11) is 0. The van der Waals surface area contributed by atoms with E-state index in [2.05, 4.69) is 0 Å². The van der Waals surface area contributed by atoms with Crippen LogP contribution in [0.1, 0.15) is 6.42 Å². The van der Waals surface area contributed by atoms with E-state index < -0.39 is 0 Å². The van der Waals surface area contributed by atoms with Crippen molar-refractivity contribution in [2.24, 2.45) is 23.7 Å². The number of carbonyl (C=O) groups excluding carboxylic acids is 3. The third-order valence-electron chi connectivity index (χ3n) is 5.11. The van der Waals surface area contributed by atoms with Crippen molar-refractivity contribution >= 4 is 17.7 Å². The molecule has 4 unspecified atom stereocenters. The molecule has 0 N–H and O–H groups in total. The number of carbonyl (C=O) groups is 3. The molecule has 2 aliphatic heterocycles. The summed E-state index contributed by atoms with van der Waals surface area (Å²) in [6, 6.07) is 0. The van der Waals surface area contributed by atoms with E-state index in [0.29, 0.717) is 26.3 Å². The first kappa shape index (κ1) is 13.9. The van der Waals surface area contributed by atoms with Gasteiger partial charge in [0.15, 0.2) is 6.61 Å². The molecule has 4 rings (SSSR count). The number of nitrogens with zero attached hydrogens (tertiary/aromatic N) is 2. The van der Waals surface area contributed by atoms with Gasteiger partial charge >= 0.3 is 0 Å². The highest BCUT2D eigenvalue weighted by atomic mass is 16.7. The zero-order chi connectivity index (χ0) is 15.3. The molecule has 3 fully saturated rings. The van der Waals surface area contributed by atoms with Crippen LogP contribution >= 0.6 is 0 Å². The molecule has 0 spiro atoms. The van der Waals surface area contributed by atoms with E-state index in [-0.39, 0.29) is 48.0 Å². The van der Waals surface area contributed by atoms with E-state index in [1.165, 1.54) is 0 Å². The molecule has 118 valence electrons. The van der Waals surface area contributed by atoms with Gasteiger partial charge in [-0.2, -0.15) is 5.06 Å². The summed E-state index contributed by atoms with van der Waals surface area (Å²) in [5, 5.41) is 0.833. The van der Waals surface area contributed by atoms with Gasteiger partial charge in [0.25, 0.3) is 17.7 Å². The number of hydroxylamine groups is 2. The first-order valence-electron chi connectivity index (χ1n) is 7.71. The highest BCUT2D eigenvalue weighted by Crippen LogP contribution is 2.52. The number of allylic oxidation sites excluding steroid dienone is 2. The van der Waals surface area contributed by atoms with Crippen LogP contribution in [0.3, 0.4) is 0 Å². The molecule has 0 aromatic rings. The quantitative estimate of drug-likeness (QED) is 0.523. The molecule has 3 amide bonds. The molecule has 0 aromatic carbocycles. The normalized spacial score (nSPS) is 36.4. The van der Waals surface area contributed by atoms with Crippen LogP contribution in [0.25, 0.3) is 0 Å². The molecule has 2 aliphatic carbocycles. The Morgan fingerprint density at radius 3 is 2.32 bits per heavy atom. The number of amides is 3. The molecule has 2 heterocycles. The van der Waals surface area contributed by atoms with E-state index in [9.17, 15) is 14.4 Å². The summed E-state index contributed by atoms with van der Waals surface area (Å²) in [5.74, 6) is -1.09. The Kier molecular flexibility index (Phi) is 3.27. The van der Waals surface area contributed by atoms with Gasteiger partial charge in [0.05, 0.1) is 25.0 Å². The lowest BCUT2D eigenvalue weighted by molar-refractivity contribution is -0.193. The highest BCUT2D eigenvalue weighted by molar-refractivity contribution is 6.05. The predicted octanol–water partition coefficient (Wildman–Crippen LogP) is -0.416. The van der Waals surface area contributed by atoms with Gasteiger partial charge in [-0.15, -0.1) is 0 Å². The molecule has 0 aromatic heterocycles. The first-order chi connectivity index (χ1) is 10.7. The lowest BCUT2D eigenvalue weighted by atomic mass is 9.85. The maximum atomic E-state index is 12.4. The van der Waals surface area contributed by atoms with Gasteiger partial charge in [-0.3, -0.25) is 19.2 Å². The molecular formula is C15H18N2O5. The maximum absolute atomic E-state index is 12.4. The smallest absolute Gasteiger partial charge is 0.258 e. The summed E-state index contributed by atoms with van der Waals surface area (Å²) < 4.78 is 5.18. The number of morpholine rings is 1. The lowest BCUT2D eigenvalue weighted by Gasteiger charge is -2.27. The van der Waals surface area contributed by atoms with E-state index in [4.69, 9.17) is 9.57 Å². The molecule has 0 radical (unpaired) electrons. The molecule has 4 atom stereocenters. The molecule has 7 nitrogen and oxygen atoms in total. The van der Waals surface area contributed by atoms with Crippen molar-refractivity contribution in [3.63, 3.8) is 0 Å². The fourth-order valence-corrected chi connectivity index (χ4v) is 4.03. The Balaban J connectivity index is 1.39. The first-order valence-corrected chi connectivity index (χ1v) is 7.71. The van der Waals surface area contributed by atoms with Crippen LogP contribution < -0.4 is 0 Å². The van der Waals surface area contributed by atoms with E-state index >= 15 is 0 Å². The second-order valence-electron chi connectivity index (χ2n) is 6.24. The number of fused-ring (bicyclic) bond motifs is 5. The topological polar surface area (TPSA) is 76.2 Å². The molecule has 22 heavy (non-hydrogen) atoms. The van der Waals surface area contributed by atoms with Crippen LogP contribution in [0.5, 0.6) is 0 Å². The highest BCUT2D eigenvalue weighted by Gasteiger charge is 2.60. The maximum Gasteiger partial charge on any atom is 0.258 e. The average Bonchev–Trinajstić information content (AvgIpc) is 3.21. The number of hydrogen-bond acceptors (Lipinski definition) is 5. The van der Waals surface area contributed by atoms with Gasteiger partial charge in [-0.1, -0.05) is 12.2 Å². The van der Waals surface area contributed by atoms with Gasteiger partial charge in [0.1, 0.15) is 0 Å². The van der Waals surface area contributed by atoms with E-state index in [1.54, 1.807) is 4.90 Å². The van der Waals surface area contributed by atoms with Gasteiger partial charge in [-0.05, 0) is 18.3 Å². The number of rotatable bonds is 3. The second kappa shape index (κ2) is 5.17. The Morgan fingerprint density at radius 1 is 1.14 bits per heavy atom. The minimum Gasteiger partial charge on any atom is -0.378 e. The zero-order valence-electron chi connectivity index (χ0n) is 12.1. The van der Waals surface area contributed by atoms with Crippen molar-refractivity contribution in [3.05, 3.63) is 12.2 Å². The van der Waals surface area contributed by atoms with Crippen molar-refractivity contribution in [3.8, 4) is 0 Å². The monoisotopic (exact) mass is 306 g/mol. The van der Waals surface area contributed by atoms with Crippen LogP contribution in [0, 0.1) is 23.7 Å². The lowest BCUT2D eigenvalue weighted by Crippen LogP contribution is -2.44. The summed E-state index contributed by atoms with van der Waals surface area (Å²) in [4.78, 5) is 43.7. The summed E-state index contributed by atoms with van der Waals surface area (Å²) in [6.45, 7) is 1.77. The predicted molar refractivity (Wildman–Crippen MR) is 72.9 cm³/mol. The van der Waals surface area contributed by atoms with Gasteiger partial charge in [-0.25, -0.2) is 0 Å². The zero-order valence-corrected chi connectivity index (χ0v) is 12.1. The Bertz CT molecular complexity index is 524. The van der Waals surface area contributed by atoms with Crippen LogP contribution in [-0.2, 0) is 24.0 Å².